The van der Waals surface area contributed by atoms with E-state index in [0.717, 1.165) is 20.9 Å². The lowest BCUT2D eigenvalue weighted by atomic mass is 10.1. The molecule has 3 aromatic rings. The van der Waals surface area contributed by atoms with E-state index in [2.05, 4.69) is 27.0 Å². The Bertz CT molecular complexity index is 784. The standard InChI is InChI=1S/C16H12BrClN2O/c17-13-7-12(18)8-14(19)16(13)21-9-10-3-4-15-11(6-10)2-1-5-20-15/h1-8H,9,19H2. The third kappa shape index (κ3) is 3.12. The molecule has 0 bridgehead atoms. The van der Waals surface area contributed by atoms with Crippen LogP contribution in [-0.4, -0.2) is 4.98 Å². The highest BCUT2D eigenvalue weighted by Crippen LogP contribution is 2.35. The van der Waals surface area contributed by atoms with Gasteiger partial charge in [-0.05, 0) is 51.8 Å². The molecule has 0 atom stereocenters. The summed E-state index contributed by atoms with van der Waals surface area (Å²) in [6.07, 6.45) is 1.78. The molecule has 21 heavy (non-hydrogen) atoms. The predicted octanol–water partition coefficient (Wildman–Crippen LogP) is 4.81. The van der Waals surface area contributed by atoms with E-state index in [9.17, 15) is 0 Å². The van der Waals surface area contributed by atoms with Gasteiger partial charge in [0.05, 0.1) is 15.7 Å². The first kappa shape index (κ1) is 14.2. The first-order valence-electron chi connectivity index (χ1n) is 6.34. The van der Waals surface area contributed by atoms with Gasteiger partial charge in [0.2, 0.25) is 0 Å². The fourth-order valence-electron chi connectivity index (χ4n) is 2.10. The van der Waals surface area contributed by atoms with Crippen molar-refractivity contribution < 1.29 is 4.74 Å². The number of hydrogen-bond donors (Lipinski definition) is 1. The molecule has 0 saturated carbocycles. The number of hydrogen-bond acceptors (Lipinski definition) is 3. The largest absolute Gasteiger partial charge is 0.486 e. The number of pyridine rings is 1. The Labute approximate surface area is 135 Å². The van der Waals surface area contributed by atoms with Crippen LogP contribution in [0.5, 0.6) is 5.75 Å². The Morgan fingerprint density at radius 1 is 1.19 bits per heavy atom. The molecule has 0 aliphatic rings. The van der Waals surface area contributed by atoms with Gasteiger partial charge in [-0.25, -0.2) is 0 Å². The lowest BCUT2D eigenvalue weighted by molar-refractivity contribution is 0.306. The first-order chi connectivity index (χ1) is 10.1. The van der Waals surface area contributed by atoms with Crippen LogP contribution in [0.15, 0.2) is 53.1 Å². The van der Waals surface area contributed by atoms with Crippen molar-refractivity contribution in [3.05, 3.63) is 63.7 Å². The molecule has 1 heterocycles. The second-order valence-corrected chi connectivity index (χ2v) is 5.92. The number of benzene rings is 2. The van der Waals surface area contributed by atoms with Crippen LogP contribution in [0.4, 0.5) is 5.69 Å². The summed E-state index contributed by atoms with van der Waals surface area (Å²) in [5.41, 5.74) is 8.46. The van der Waals surface area contributed by atoms with Gasteiger partial charge in [0.1, 0.15) is 6.61 Å². The second kappa shape index (κ2) is 5.92. The number of nitrogen functional groups attached to an aromatic ring is 1. The SMILES string of the molecule is Nc1cc(Cl)cc(Br)c1OCc1ccc2ncccc2c1. The van der Waals surface area contributed by atoms with Crippen LogP contribution in [0.25, 0.3) is 10.9 Å². The van der Waals surface area contributed by atoms with E-state index >= 15 is 0 Å². The zero-order valence-electron chi connectivity index (χ0n) is 11.0. The molecule has 0 radical (unpaired) electrons. The number of anilines is 1. The van der Waals surface area contributed by atoms with Gasteiger partial charge in [-0.2, -0.15) is 0 Å². The minimum atomic E-state index is 0.426. The minimum absolute atomic E-state index is 0.426. The highest BCUT2D eigenvalue weighted by atomic mass is 79.9. The van der Waals surface area contributed by atoms with Crippen molar-refractivity contribution in [2.45, 2.75) is 6.61 Å². The van der Waals surface area contributed by atoms with E-state index in [1.165, 1.54) is 0 Å². The van der Waals surface area contributed by atoms with E-state index in [-0.39, 0.29) is 0 Å². The summed E-state index contributed by atoms with van der Waals surface area (Å²) in [5.74, 6) is 0.602. The summed E-state index contributed by atoms with van der Waals surface area (Å²) < 4.78 is 6.55. The number of aromatic nitrogens is 1. The Hall–Kier alpha value is -1.78. The Morgan fingerprint density at radius 3 is 2.86 bits per heavy atom. The summed E-state index contributed by atoms with van der Waals surface area (Å²) in [7, 11) is 0. The average Bonchev–Trinajstić information content (AvgIpc) is 2.46. The van der Waals surface area contributed by atoms with E-state index in [1.807, 2.05) is 24.3 Å². The number of rotatable bonds is 3. The van der Waals surface area contributed by atoms with Crippen LogP contribution in [0.3, 0.4) is 0 Å². The topological polar surface area (TPSA) is 48.1 Å². The van der Waals surface area contributed by atoms with E-state index in [4.69, 9.17) is 22.1 Å². The molecule has 3 nitrogen and oxygen atoms in total. The molecule has 0 aliphatic carbocycles. The molecule has 0 saturated heterocycles. The summed E-state index contributed by atoms with van der Waals surface area (Å²) in [6, 6.07) is 13.4. The van der Waals surface area contributed by atoms with Crippen molar-refractivity contribution in [3.8, 4) is 5.75 Å². The van der Waals surface area contributed by atoms with Crippen molar-refractivity contribution in [3.63, 3.8) is 0 Å². The molecular weight excluding hydrogens is 352 g/mol. The molecule has 0 spiro atoms. The van der Waals surface area contributed by atoms with E-state index in [1.54, 1.807) is 18.3 Å². The normalized spacial score (nSPS) is 10.8. The summed E-state index contributed by atoms with van der Waals surface area (Å²) in [5, 5.41) is 1.66. The van der Waals surface area contributed by atoms with Crippen molar-refractivity contribution in [2.24, 2.45) is 0 Å². The number of halogens is 2. The van der Waals surface area contributed by atoms with Crippen LogP contribution in [0.2, 0.25) is 5.02 Å². The van der Waals surface area contributed by atoms with Gasteiger partial charge in [-0.3, -0.25) is 4.98 Å². The lowest BCUT2D eigenvalue weighted by Crippen LogP contribution is -2.00. The maximum atomic E-state index is 5.93. The van der Waals surface area contributed by atoms with Crippen molar-refractivity contribution in [2.75, 3.05) is 5.73 Å². The average molecular weight is 364 g/mol. The molecule has 0 unspecified atom stereocenters. The molecule has 106 valence electrons. The number of nitrogens with two attached hydrogens (primary N) is 1. The third-order valence-electron chi connectivity index (χ3n) is 3.09. The highest BCUT2D eigenvalue weighted by Gasteiger charge is 2.08. The molecule has 2 aromatic carbocycles. The van der Waals surface area contributed by atoms with Crippen LogP contribution in [-0.2, 0) is 6.61 Å². The molecule has 0 fully saturated rings. The lowest BCUT2D eigenvalue weighted by Gasteiger charge is -2.11. The van der Waals surface area contributed by atoms with Crippen LogP contribution in [0.1, 0.15) is 5.56 Å². The van der Waals surface area contributed by atoms with Gasteiger partial charge < -0.3 is 10.5 Å². The highest BCUT2D eigenvalue weighted by molar-refractivity contribution is 9.10. The van der Waals surface area contributed by atoms with E-state index < -0.39 is 0 Å². The zero-order valence-corrected chi connectivity index (χ0v) is 13.4. The molecular formula is C16H12BrClN2O. The monoisotopic (exact) mass is 362 g/mol. The third-order valence-corrected chi connectivity index (χ3v) is 3.89. The summed E-state index contributed by atoms with van der Waals surface area (Å²) in [6.45, 7) is 0.426. The van der Waals surface area contributed by atoms with Gasteiger partial charge in [0.15, 0.2) is 5.75 Å². The molecule has 0 aliphatic heterocycles. The number of nitrogens with zero attached hydrogens (tertiary/aromatic N) is 1. The maximum Gasteiger partial charge on any atom is 0.156 e. The van der Waals surface area contributed by atoms with E-state index in [0.29, 0.717) is 23.1 Å². The van der Waals surface area contributed by atoms with Gasteiger partial charge >= 0.3 is 0 Å². The van der Waals surface area contributed by atoms with Gasteiger partial charge in [-0.1, -0.05) is 23.7 Å². The fraction of sp³-hybridized carbons (Fsp3) is 0.0625. The van der Waals surface area contributed by atoms with Crippen LogP contribution in [0, 0.1) is 0 Å². The molecule has 5 heteroatoms. The van der Waals surface area contributed by atoms with Crippen molar-refractivity contribution in [1.82, 2.24) is 4.98 Å². The quantitative estimate of drug-likeness (QED) is 0.679. The minimum Gasteiger partial charge on any atom is -0.486 e. The Balaban J connectivity index is 1.83. The Kier molecular flexibility index (Phi) is 3.99. The van der Waals surface area contributed by atoms with Crippen LogP contribution >= 0.6 is 27.5 Å². The number of fused-ring (bicyclic) bond motifs is 1. The maximum absolute atomic E-state index is 5.93. The molecule has 0 amide bonds. The molecule has 1 aromatic heterocycles. The first-order valence-corrected chi connectivity index (χ1v) is 7.51. The number of ether oxygens (including phenoxy) is 1. The van der Waals surface area contributed by atoms with Gasteiger partial charge in [0.25, 0.3) is 0 Å². The molecule has 3 rings (SSSR count). The van der Waals surface area contributed by atoms with Crippen LogP contribution < -0.4 is 10.5 Å². The Morgan fingerprint density at radius 2 is 2.05 bits per heavy atom. The zero-order chi connectivity index (χ0) is 14.8. The van der Waals surface area contributed by atoms with Gasteiger partial charge in [0, 0.05) is 16.6 Å². The van der Waals surface area contributed by atoms with Crippen molar-refractivity contribution in [1.29, 1.82) is 0 Å². The smallest absolute Gasteiger partial charge is 0.156 e. The van der Waals surface area contributed by atoms with Crippen molar-refractivity contribution >= 4 is 44.1 Å². The summed E-state index contributed by atoms with van der Waals surface area (Å²) >= 11 is 9.34. The van der Waals surface area contributed by atoms with Gasteiger partial charge in [-0.15, -0.1) is 0 Å². The predicted molar refractivity (Wildman–Crippen MR) is 89.6 cm³/mol. The second-order valence-electron chi connectivity index (χ2n) is 4.63. The summed E-state index contributed by atoms with van der Waals surface area (Å²) in [4.78, 5) is 4.30. The fourth-order valence-corrected chi connectivity index (χ4v) is 3.05. The molecule has 2 N–H and O–H groups in total.